The summed E-state index contributed by atoms with van der Waals surface area (Å²) in [5.41, 5.74) is 5.74. The number of hydrogen-bond donors (Lipinski definition) is 2. The molecule has 0 bridgehead atoms. The van der Waals surface area contributed by atoms with Crippen molar-refractivity contribution in [2.24, 2.45) is 11.7 Å². The molecule has 1 aromatic rings. The van der Waals surface area contributed by atoms with E-state index in [0.717, 1.165) is 31.7 Å². The Bertz CT molecular complexity index is 478. The first kappa shape index (κ1) is 18.6. The van der Waals surface area contributed by atoms with Crippen LogP contribution in [0, 0.1) is 17.6 Å². The monoisotopic (exact) mass is 312 g/mol. The van der Waals surface area contributed by atoms with Crippen molar-refractivity contribution in [3.63, 3.8) is 0 Å². The Kier molecular flexibility index (Phi) is 8.02. The Balaban J connectivity index is 2.59. The van der Waals surface area contributed by atoms with Crippen LogP contribution in [0.2, 0.25) is 0 Å². The van der Waals surface area contributed by atoms with Gasteiger partial charge in [-0.1, -0.05) is 32.8 Å². The molecule has 124 valence electrons. The molecular weight excluding hydrogens is 286 g/mol. The van der Waals surface area contributed by atoms with E-state index in [-0.39, 0.29) is 11.8 Å². The van der Waals surface area contributed by atoms with E-state index in [1.54, 1.807) is 0 Å². The summed E-state index contributed by atoms with van der Waals surface area (Å²) >= 11 is 0. The second kappa shape index (κ2) is 9.51. The summed E-state index contributed by atoms with van der Waals surface area (Å²) in [6.07, 6.45) is 4.15. The van der Waals surface area contributed by atoms with Gasteiger partial charge in [-0.05, 0) is 31.4 Å². The van der Waals surface area contributed by atoms with Crippen molar-refractivity contribution in [2.45, 2.75) is 52.0 Å². The Labute approximate surface area is 131 Å². The van der Waals surface area contributed by atoms with E-state index in [2.05, 4.69) is 5.32 Å². The zero-order chi connectivity index (χ0) is 16.5. The van der Waals surface area contributed by atoms with Gasteiger partial charge in [0.2, 0.25) is 5.91 Å². The van der Waals surface area contributed by atoms with Crippen LogP contribution in [-0.4, -0.2) is 12.5 Å². The van der Waals surface area contributed by atoms with Gasteiger partial charge < -0.3 is 11.1 Å². The van der Waals surface area contributed by atoms with E-state index in [9.17, 15) is 13.6 Å². The van der Waals surface area contributed by atoms with Crippen molar-refractivity contribution in [1.29, 1.82) is 0 Å². The van der Waals surface area contributed by atoms with E-state index in [4.69, 9.17) is 5.73 Å². The lowest BCUT2D eigenvalue weighted by Gasteiger charge is -2.23. The van der Waals surface area contributed by atoms with Crippen LogP contribution >= 0.6 is 0 Å². The minimum absolute atomic E-state index is 0.0150. The van der Waals surface area contributed by atoms with Crippen LogP contribution in [0.4, 0.5) is 8.78 Å². The van der Waals surface area contributed by atoms with Gasteiger partial charge in [0.25, 0.3) is 0 Å². The summed E-state index contributed by atoms with van der Waals surface area (Å²) in [6, 6.07) is 3.02. The Morgan fingerprint density at radius 2 is 1.86 bits per heavy atom. The molecule has 0 fully saturated rings. The molecule has 0 aliphatic heterocycles. The topological polar surface area (TPSA) is 55.1 Å². The quantitative estimate of drug-likeness (QED) is 0.683. The number of hydrogen-bond acceptors (Lipinski definition) is 2. The highest BCUT2D eigenvalue weighted by atomic mass is 19.1. The number of benzene rings is 1. The number of rotatable bonds is 9. The predicted octanol–water partition coefficient (Wildman–Crippen LogP) is 3.69. The van der Waals surface area contributed by atoms with Crippen molar-refractivity contribution >= 4 is 5.91 Å². The first-order valence-corrected chi connectivity index (χ1v) is 7.90. The van der Waals surface area contributed by atoms with Crippen LogP contribution in [0.15, 0.2) is 18.2 Å². The molecule has 1 rings (SSSR count). The smallest absolute Gasteiger partial charge is 0.220 e. The molecule has 0 aromatic heterocycles. The van der Waals surface area contributed by atoms with Gasteiger partial charge >= 0.3 is 0 Å². The maximum Gasteiger partial charge on any atom is 0.220 e. The molecule has 0 spiro atoms. The standard InChI is InChI=1S/C17H26F2N2O/c1-12(2)17(14-9-8-13(18)11-15(14)19)21-16(22)7-5-3-4-6-10-20/h8-9,11-12,17H,3-7,10,20H2,1-2H3,(H,21,22). The van der Waals surface area contributed by atoms with E-state index in [1.165, 1.54) is 12.1 Å². The lowest BCUT2D eigenvalue weighted by Crippen LogP contribution is -2.32. The lowest BCUT2D eigenvalue weighted by molar-refractivity contribution is -0.122. The summed E-state index contributed by atoms with van der Waals surface area (Å²) in [6.45, 7) is 4.47. The average Bonchev–Trinajstić information content (AvgIpc) is 2.45. The number of nitrogens with two attached hydrogens (primary N) is 1. The number of unbranched alkanes of at least 4 members (excludes halogenated alkanes) is 3. The zero-order valence-corrected chi connectivity index (χ0v) is 13.4. The molecule has 1 unspecified atom stereocenters. The minimum atomic E-state index is -0.623. The first-order chi connectivity index (χ1) is 10.5. The molecular formula is C17H26F2N2O. The first-order valence-electron chi connectivity index (χ1n) is 7.90. The van der Waals surface area contributed by atoms with Gasteiger partial charge in [-0.3, -0.25) is 4.79 Å². The van der Waals surface area contributed by atoms with Crippen molar-refractivity contribution in [3.8, 4) is 0 Å². The fourth-order valence-electron chi connectivity index (χ4n) is 2.39. The maximum absolute atomic E-state index is 13.9. The molecule has 0 radical (unpaired) electrons. The highest BCUT2D eigenvalue weighted by Gasteiger charge is 2.21. The normalized spacial score (nSPS) is 12.5. The predicted molar refractivity (Wildman–Crippen MR) is 84.2 cm³/mol. The molecule has 0 aliphatic carbocycles. The molecule has 22 heavy (non-hydrogen) atoms. The number of carbonyl (C=O) groups excluding carboxylic acids is 1. The Morgan fingerprint density at radius 3 is 2.45 bits per heavy atom. The highest BCUT2D eigenvalue weighted by molar-refractivity contribution is 5.76. The van der Waals surface area contributed by atoms with E-state index < -0.39 is 17.7 Å². The summed E-state index contributed by atoms with van der Waals surface area (Å²) in [5.74, 6) is -1.33. The molecule has 0 saturated heterocycles. The highest BCUT2D eigenvalue weighted by Crippen LogP contribution is 2.25. The Hall–Kier alpha value is -1.49. The van der Waals surface area contributed by atoms with Gasteiger partial charge in [0, 0.05) is 18.1 Å². The van der Waals surface area contributed by atoms with Crippen molar-refractivity contribution in [2.75, 3.05) is 6.54 Å². The molecule has 1 amide bonds. The molecule has 0 heterocycles. The largest absolute Gasteiger partial charge is 0.349 e. The minimum Gasteiger partial charge on any atom is -0.349 e. The van der Waals surface area contributed by atoms with Crippen molar-refractivity contribution in [3.05, 3.63) is 35.4 Å². The maximum atomic E-state index is 13.9. The number of amides is 1. The summed E-state index contributed by atoms with van der Waals surface area (Å²) in [5, 5.41) is 2.86. The van der Waals surface area contributed by atoms with Crippen LogP contribution in [0.1, 0.15) is 57.6 Å². The van der Waals surface area contributed by atoms with E-state index in [0.29, 0.717) is 18.5 Å². The molecule has 3 nitrogen and oxygen atoms in total. The van der Waals surface area contributed by atoms with Crippen LogP contribution in [0.5, 0.6) is 0 Å². The third kappa shape index (κ3) is 6.10. The van der Waals surface area contributed by atoms with E-state index in [1.807, 2.05) is 13.8 Å². The van der Waals surface area contributed by atoms with Crippen LogP contribution in [0.25, 0.3) is 0 Å². The molecule has 1 atom stereocenters. The van der Waals surface area contributed by atoms with Gasteiger partial charge in [-0.2, -0.15) is 0 Å². The van der Waals surface area contributed by atoms with Crippen LogP contribution in [-0.2, 0) is 4.79 Å². The van der Waals surface area contributed by atoms with Crippen LogP contribution in [0.3, 0.4) is 0 Å². The van der Waals surface area contributed by atoms with Crippen molar-refractivity contribution < 1.29 is 13.6 Å². The zero-order valence-electron chi connectivity index (χ0n) is 13.4. The second-order valence-corrected chi connectivity index (χ2v) is 5.91. The number of nitrogens with one attached hydrogen (secondary N) is 1. The van der Waals surface area contributed by atoms with E-state index >= 15 is 0 Å². The second-order valence-electron chi connectivity index (χ2n) is 5.91. The SMILES string of the molecule is CC(C)C(NC(=O)CCCCCCN)c1ccc(F)cc1F. The molecule has 0 saturated carbocycles. The third-order valence-corrected chi connectivity index (χ3v) is 3.64. The molecule has 3 N–H and O–H groups in total. The number of halogens is 2. The van der Waals surface area contributed by atoms with Gasteiger partial charge in [0.1, 0.15) is 11.6 Å². The lowest BCUT2D eigenvalue weighted by atomic mass is 9.95. The third-order valence-electron chi connectivity index (χ3n) is 3.64. The van der Waals surface area contributed by atoms with Gasteiger partial charge in [-0.25, -0.2) is 8.78 Å². The van der Waals surface area contributed by atoms with Crippen molar-refractivity contribution in [1.82, 2.24) is 5.32 Å². The molecule has 5 heteroatoms. The number of carbonyl (C=O) groups is 1. The van der Waals surface area contributed by atoms with Gasteiger partial charge in [-0.15, -0.1) is 0 Å². The van der Waals surface area contributed by atoms with Gasteiger partial charge in [0.15, 0.2) is 0 Å². The van der Waals surface area contributed by atoms with Crippen LogP contribution < -0.4 is 11.1 Å². The fourth-order valence-corrected chi connectivity index (χ4v) is 2.39. The molecule has 0 aliphatic rings. The summed E-state index contributed by atoms with van der Waals surface area (Å²) in [7, 11) is 0. The summed E-state index contributed by atoms with van der Waals surface area (Å²) < 4.78 is 26.9. The van der Waals surface area contributed by atoms with Gasteiger partial charge in [0.05, 0.1) is 6.04 Å². The Morgan fingerprint density at radius 1 is 1.18 bits per heavy atom. The summed E-state index contributed by atoms with van der Waals surface area (Å²) in [4.78, 5) is 12.0. The average molecular weight is 312 g/mol. The fraction of sp³-hybridized carbons (Fsp3) is 0.588. The molecule has 1 aromatic carbocycles.